The average molecular weight is 263 g/mol. The highest BCUT2D eigenvalue weighted by Gasteiger charge is 2.34. The van der Waals surface area contributed by atoms with Crippen LogP contribution in [0.1, 0.15) is 42.8 Å². The number of piperidine rings is 1. The minimum Gasteiger partial charge on any atom is -0.337 e. The first kappa shape index (κ1) is 11.9. The number of nitrogens with zero attached hydrogens (tertiary/aromatic N) is 2. The summed E-state index contributed by atoms with van der Waals surface area (Å²) in [5.41, 5.74) is -0.140. The predicted molar refractivity (Wildman–Crippen MR) is 70.6 cm³/mol. The maximum absolute atomic E-state index is 5.44. The van der Waals surface area contributed by atoms with Gasteiger partial charge in [0.1, 0.15) is 0 Å². The molecule has 3 heterocycles. The Morgan fingerprint density at radius 3 is 3.17 bits per heavy atom. The highest BCUT2D eigenvalue weighted by atomic mass is 32.1. The van der Waals surface area contributed by atoms with Crippen molar-refractivity contribution in [3.05, 3.63) is 34.1 Å². The molecular formula is C13H17N3OS. The van der Waals surface area contributed by atoms with Crippen LogP contribution in [0.25, 0.3) is 0 Å². The quantitative estimate of drug-likeness (QED) is 0.925. The summed E-state index contributed by atoms with van der Waals surface area (Å²) in [4.78, 5) is 5.81. The largest absolute Gasteiger partial charge is 0.337 e. The maximum Gasteiger partial charge on any atom is 0.246 e. The molecule has 1 N–H and O–H groups in total. The Labute approximate surface area is 110 Å². The molecule has 1 atom stereocenters. The molecular weight excluding hydrogens is 246 g/mol. The Morgan fingerprint density at radius 2 is 2.44 bits per heavy atom. The van der Waals surface area contributed by atoms with E-state index in [0.717, 1.165) is 31.1 Å². The molecule has 3 rings (SSSR count). The molecule has 1 aliphatic heterocycles. The molecule has 0 radical (unpaired) electrons. The van der Waals surface area contributed by atoms with Crippen molar-refractivity contribution in [2.24, 2.45) is 0 Å². The van der Waals surface area contributed by atoms with Crippen LogP contribution in [0.15, 0.2) is 22.0 Å². The second kappa shape index (κ2) is 4.82. The summed E-state index contributed by atoms with van der Waals surface area (Å²) in [6, 6.07) is 4.15. The Kier molecular flexibility index (Phi) is 3.18. The topological polar surface area (TPSA) is 51.0 Å². The molecule has 0 bridgehead atoms. The van der Waals surface area contributed by atoms with Gasteiger partial charge in [-0.15, -0.1) is 11.3 Å². The van der Waals surface area contributed by atoms with Crippen molar-refractivity contribution in [3.8, 4) is 0 Å². The minimum absolute atomic E-state index is 0.140. The van der Waals surface area contributed by atoms with Gasteiger partial charge in [-0.2, -0.15) is 4.98 Å². The minimum atomic E-state index is -0.140. The summed E-state index contributed by atoms with van der Waals surface area (Å²) in [6.07, 6.45) is 4.27. The van der Waals surface area contributed by atoms with Crippen molar-refractivity contribution in [2.45, 2.75) is 38.1 Å². The third kappa shape index (κ3) is 2.33. The average Bonchev–Trinajstić information content (AvgIpc) is 3.02. The molecule has 96 valence electrons. The molecule has 1 saturated heterocycles. The summed E-state index contributed by atoms with van der Waals surface area (Å²) >= 11 is 1.72. The van der Waals surface area contributed by atoms with Gasteiger partial charge in [-0.3, -0.25) is 0 Å². The zero-order chi connectivity index (χ0) is 12.4. The summed E-state index contributed by atoms with van der Waals surface area (Å²) in [5, 5.41) is 9.65. The Hall–Kier alpha value is -1.20. The van der Waals surface area contributed by atoms with E-state index in [-0.39, 0.29) is 5.54 Å². The molecule has 18 heavy (non-hydrogen) atoms. The van der Waals surface area contributed by atoms with Crippen molar-refractivity contribution >= 4 is 11.3 Å². The molecule has 1 fully saturated rings. The zero-order valence-electron chi connectivity index (χ0n) is 10.5. The van der Waals surface area contributed by atoms with Gasteiger partial charge in [-0.05, 0) is 44.2 Å². The number of hydrogen-bond donors (Lipinski definition) is 1. The molecule has 2 aromatic heterocycles. The van der Waals surface area contributed by atoms with Gasteiger partial charge in [0, 0.05) is 11.3 Å². The van der Waals surface area contributed by atoms with Crippen molar-refractivity contribution in [2.75, 3.05) is 6.54 Å². The van der Waals surface area contributed by atoms with E-state index in [0.29, 0.717) is 0 Å². The highest BCUT2D eigenvalue weighted by molar-refractivity contribution is 7.09. The second-order valence-corrected chi connectivity index (χ2v) is 6.02. The zero-order valence-corrected chi connectivity index (χ0v) is 11.3. The van der Waals surface area contributed by atoms with Crippen LogP contribution in [0.4, 0.5) is 0 Å². The Balaban J connectivity index is 1.76. The molecule has 0 saturated carbocycles. The lowest BCUT2D eigenvalue weighted by atomic mass is 9.91. The van der Waals surface area contributed by atoms with Crippen molar-refractivity contribution < 1.29 is 4.52 Å². The normalized spacial score (nSPS) is 24.3. The van der Waals surface area contributed by atoms with Crippen LogP contribution >= 0.6 is 11.3 Å². The lowest BCUT2D eigenvalue weighted by Crippen LogP contribution is -2.43. The number of thiophene rings is 1. The van der Waals surface area contributed by atoms with Crippen LogP contribution in [0.5, 0.6) is 0 Å². The summed E-state index contributed by atoms with van der Waals surface area (Å²) in [5.74, 6) is 1.51. The Morgan fingerprint density at radius 1 is 1.50 bits per heavy atom. The summed E-state index contributed by atoms with van der Waals surface area (Å²) < 4.78 is 5.44. The fourth-order valence-electron chi connectivity index (χ4n) is 2.36. The van der Waals surface area contributed by atoms with E-state index in [9.17, 15) is 0 Å². The maximum atomic E-state index is 5.44. The number of nitrogens with one attached hydrogen (secondary N) is 1. The van der Waals surface area contributed by atoms with Crippen LogP contribution < -0.4 is 5.32 Å². The van der Waals surface area contributed by atoms with E-state index >= 15 is 0 Å². The summed E-state index contributed by atoms with van der Waals surface area (Å²) in [7, 11) is 0. The third-order valence-electron chi connectivity index (χ3n) is 3.47. The molecule has 0 aliphatic carbocycles. The van der Waals surface area contributed by atoms with Gasteiger partial charge in [0.05, 0.1) is 5.54 Å². The Bertz CT molecular complexity index is 500. The molecule has 0 amide bonds. The van der Waals surface area contributed by atoms with Crippen molar-refractivity contribution in [1.82, 2.24) is 15.5 Å². The van der Waals surface area contributed by atoms with E-state index in [1.165, 1.54) is 17.7 Å². The molecule has 4 nitrogen and oxygen atoms in total. The predicted octanol–water partition coefficient (Wildman–Crippen LogP) is 2.71. The van der Waals surface area contributed by atoms with E-state index in [1.807, 2.05) is 6.07 Å². The van der Waals surface area contributed by atoms with E-state index in [1.54, 1.807) is 11.3 Å². The lowest BCUT2D eigenvalue weighted by Gasteiger charge is -2.31. The van der Waals surface area contributed by atoms with Gasteiger partial charge in [0.2, 0.25) is 5.89 Å². The molecule has 5 heteroatoms. The smallest absolute Gasteiger partial charge is 0.246 e. The molecule has 2 aromatic rings. The van der Waals surface area contributed by atoms with Gasteiger partial charge in [0.15, 0.2) is 5.82 Å². The standard InChI is InChI=1S/C13H17N3OS/c1-13(6-2-3-7-14-13)12-15-11(16-17-12)9-10-5-4-8-18-10/h4-5,8,14H,2-3,6-7,9H2,1H3. The number of hydrogen-bond acceptors (Lipinski definition) is 5. The van der Waals surface area contributed by atoms with Gasteiger partial charge in [0.25, 0.3) is 0 Å². The van der Waals surface area contributed by atoms with Crippen LogP contribution in [0.2, 0.25) is 0 Å². The molecule has 1 unspecified atom stereocenters. The molecule has 0 spiro atoms. The van der Waals surface area contributed by atoms with Gasteiger partial charge in [-0.1, -0.05) is 11.2 Å². The highest BCUT2D eigenvalue weighted by Crippen LogP contribution is 2.28. The first-order valence-corrected chi connectivity index (χ1v) is 7.25. The monoisotopic (exact) mass is 263 g/mol. The van der Waals surface area contributed by atoms with Gasteiger partial charge in [-0.25, -0.2) is 0 Å². The first-order valence-electron chi connectivity index (χ1n) is 6.37. The second-order valence-electron chi connectivity index (χ2n) is 4.99. The van der Waals surface area contributed by atoms with Crippen LogP contribution in [0, 0.1) is 0 Å². The SMILES string of the molecule is CC1(c2nc(Cc3cccs3)no2)CCCCN1. The number of rotatable bonds is 3. The first-order chi connectivity index (χ1) is 8.76. The van der Waals surface area contributed by atoms with Crippen molar-refractivity contribution in [1.29, 1.82) is 0 Å². The van der Waals surface area contributed by atoms with Gasteiger partial charge < -0.3 is 9.84 Å². The lowest BCUT2D eigenvalue weighted by molar-refractivity contribution is 0.206. The fourth-order valence-corrected chi connectivity index (χ4v) is 3.06. The van der Waals surface area contributed by atoms with E-state index < -0.39 is 0 Å². The van der Waals surface area contributed by atoms with Crippen molar-refractivity contribution in [3.63, 3.8) is 0 Å². The van der Waals surface area contributed by atoms with Crippen LogP contribution in [0.3, 0.4) is 0 Å². The van der Waals surface area contributed by atoms with Gasteiger partial charge >= 0.3 is 0 Å². The fraction of sp³-hybridized carbons (Fsp3) is 0.538. The van der Waals surface area contributed by atoms with Crippen LogP contribution in [-0.4, -0.2) is 16.7 Å². The van der Waals surface area contributed by atoms with E-state index in [4.69, 9.17) is 4.52 Å². The number of aromatic nitrogens is 2. The van der Waals surface area contributed by atoms with Crippen LogP contribution in [-0.2, 0) is 12.0 Å². The van der Waals surface area contributed by atoms with E-state index in [2.05, 4.69) is 33.8 Å². The third-order valence-corrected chi connectivity index (χ3v) is 4.35. The summed E-state index contributed by atoms with van der Waals surface area (Å²) in [6.45, 7) is 3.17. The molecule has 0 aromatic carbocycles. The molecule has 1 aliphatic rings.